The fraction of sp³-hybridized carbons (Fsp3) is 0.200. The van der Waals surface area contributed by atoms with Crippen LogP contribution in [0.25, 0.3) is 0 Å². The van der Waals surface area contributed by atoms with Gasteiger partial charge in [0.2, 0.25) is 5.95 Å². The summed E-state index contributed by atoms with van der Waals surface area (Å²) in [6, 6.07) is 3.77. The first-order valence-corrected chi connectivity index (χ1v) is 5.57. The molecule has 0 aromatic carbocycles. The van der Waals surface area contributed by atoms with Gasteiger partial charge in [-0.1, -0.05) is 0 Å². The molecule has 0 radical (unpaired) electrons. The van der Waals surface area contributed by atoms with E-state index in [4.69, 9.17) is 0 Å². The first kappa shape index (κ1) is 10.8. The molecular formula is C10H11N5S. The molecule has 0 aliphatic rings. The Balaban J connectivity index is 2.24. The highest BCUT2D eigenvalue weighted by atomic mass is 32.2. The average Bonchev–Trinajstić information content (AvgIpc) is 2.29. The molecule has 0 saturated carbocycles. The van der Waals surface area contributed by atoms with Gasteiger partial charge in [-0.25, -0.2) is 19.9 Å². The molecular weight excluding hydrogens is 222 g/mol. The van der Waals surface area contributed by atoms with Crippen LogP contribution in [0.3, 0.4) is 0 Å². The molecule has 0 spiro atoms. The molecule has 16 heavy (non-hydrogen) atoms. The summed E-state index contributed by atoms with van der Waals surface area (Å²) in [6.07, 6.45) is 3.23. The van der Waals surface area contributed by atoms with Crippen LogP contribution in [0.15, 0.2) is 34.7 Å². The number of aromatic nitrogens is 4. The molecule has 0 bridgehead atoms. The Morgan fingerprint density at radius 1 is 1.25 bits per heavy atom. The van der Waals surface area contributed by atoms with Crippen molar-refractivity contribution >= 4 is 17.7 Å². The van der Waals surface area contributed by atoms with Crippen LogP contribution in [-0.4, -0.2) is 27.0 Å². The van der Waals surface area contributed by atoms with Crippen LogP contribution >= 0.6 is 11.8 Å². The second-order valence-corrected chi connectivity index (χ2v) is 4.11. The molecule has 82 valence electrons. The average molecular weight is 233 g/mol. The minimum absolute atomic E-state index is 0.622. The topological polar surface area (TPSA) is 63.6 Å². The number of hydrogen-bond donors (Lipinski definition) is 1. The molecule has 0 atom stereocenters. The van der Waals surface area contributed by atoms with Gasteiger partial charge < -0.3 is 5.32 Å². The van der Waals surface area contributed by atoms with Gasteiger partial charge in [-0.3, -0.25) is 0 Å². The van der Waals surface area contributed by atoms with E-state index in [9.17, 15) is 0 Å². The summed E-state index contributed by atoms with van der Waals surface area (Å²) in [5.74, 6) is 0.622. The van der Waals surface area contributed by atoms with Crippen LogP contribution in [0.2, 0.25) is 0 Å². The summed E-state index contributed by atoms with van der Waals surface area (Å²) in [4.78, 5) is 16.6. The molecule has 2 rings (SSSR count). The Morgan fingerprint density at radius 3 is 2.81 bits per heavy atom. The van der Waals surface area contributed by atoms with Gasteiger partial charge in [0.1, 0.15) is 16.4 Å². The summed E-state index contributed by atoms with van der Waals surface area (Å²) in [6.45, 7) is 1.94. The van der Waals surface area contributed by atoms with Crippen molar-refractivity contribution in [2.45, 2.75) is 17.0 Å². The summed E-state index contributed by atoms with van der Waals surface area (Å²) in [5, 5.41) is 4.67. The van der Waals surface area contributed by atoms with Crippen molar-refractivity contribution in [3.05, 3.63) is 30.4 Å². The van der Waals surface area contributed by atoms with Crippen LogP contribution < -0.4 is 5.32 Å². The highest BCUT2D eigenvalue weighted by Crippen LogP contribution is 2.24. The van der Waals surface area contributed by atoms with E-state index in [1.165, 1.54) is 18.1 Å². The molecule has 2 aromatic rings. The van der Waals surface area contributed by atoms with Crippen LogP contribution in [0.1, 0.15) is 5.69 Å². The lowest BCUT2D eigenvalue weighted by atomic mass is 10.5. The molecule has 0 saturated heterocycles. The number of aryl methyl sites for hydroxylation is 1. The van der Waals surface area contributed by atoms with E-state index in [0.29, 0.717) is 5.95 Å². The first-order chi connectivity index (χ1) is 7.78. The molecule has 0 aliphatic heterocycles. The summed E-state index contributed by atoms with van der Waals surface area (Å²) < 4.78 is 0. The van der Waals surface area contributed by atoms with Gasteiger partial charge >= 0.3 is 0 Å². The number of rotatable bonds is 3. The number of anilines is 1. The zero-order chi connectivity index (χ0) is 11.4. The van der Waals surface area contributed by atoms with Gasteiger partial charge in [-0.15, -0.1) is 0 Å². The maximum Gasteiger partial charge on any atom is 0.223 e. The Morgan fingerprint density at radius 2 is 2.12 bits per heavy atom. The van der Waals surface area contributed by atoms with Gasteiger partial charge in [0.25, 0.3) is 0 Å². The van der Waals surface area contributed by atoms with Gasteiger partial charge in [0.15, 0.2) is 0 Å². The van der Waals surface area contributed by atoms with Crippen molar-refractivity contribution in [1.29, 1.82) is 0 Å². The molecule has 0 fully saturated rings. The zero-order valence-corrected chi connectivity index (χ0v) is 9.82. The van der Waals surface area contributed by atoms with E-state index in [2.05, 4.69) is 25.3 Å². The summed E-state index contributed by atoms with van der Waals surface area (Å²) in [7, 11) is 1.80. The van der Waals surface area contributed by atoms with Gasteiger partial charge in [0.05, 0.1) is 0 Å². The standard InChI is InChI=1S/C10H11N5S/c1-7-5-9(15-10(11-2)14-7)16-8-3-4-12-6-13-8/h3-6H,1-2H3,(H,11,14,15). The van der Waals surface area contributed by atoms with Crippen molar-refractivity contribution in [1.82, 2.24) is 19.9 Å². The first-order valence-electron chi connectivity index (χ1n) is 4.75. The largest absolute Gasteiger partial charge is 0.357 e. The van der Waals surface area contributed by atoms with Gasteiger partial charge in [0, 0.05) is 18.9 Å². The van der Waals surface area contributed by atoms with E-state index in [-0.39, 0.29) is 0 Å². The molecule has 5 nitrogen and oxygen atoms in total. The highest BCUT2D eigenvalue weighted by Gasteiger charge is 2.03. The maximum atomic E-state index is 4.33. The smallest absolute Gasteiger partial charge is 0.223 e. The van der Waals surface area contributed by atoms with Crippen LogP contribution in [-0.2, 0) is 0 Å². The second-order valence-electron chi connectivity index (χ2n) is 3.07. The van der Waals surface area contributed by atoms with E-state index in [1.807, 2.05) is 19.1 Å². The number of nitrogens with zero attached hydrogens (tertiary/aromatic N) is 4. The highest BCUT2D eigenvalue weighted by molar-refractivity contribution is 7.99. The lowest BCUT2D eigenvalue weighted by Crippen LogP contribution is -1.98. The van der Waals surface area contributed by atoms with Gasteiger partial charge in [-0.05, 0) is 30.8 Å². The monoisotopic (exact) mass is 233 g/mol. The van der Waals surface area contributed by atoms with Crippen molar-refractivity contribution in [2.75, 3.05) is 12.4 Å². The number of nitrogens with one attached hydrogen (secondary N) is 1. The maximum absolute atomic E-state index is 4.33. The van der Waals surface area contributed by atoms with E-state index in [1.54, 1.807) is 13.2 Å². The summed E-state index contributed by atoms with van der Waals surface area (Å²) in [5.41, 5.74) is 0.927. The predicted octanol–water partition coefficient (Wildman–Crippen LogP) is 1.77. The van der Waals surface area contributed by atoms with Crippen molar-refractivity contribution in [3.63, 3.8) is 0 Å². The Hall–Kier alpha value is -1.69. The predicted molar refractivity (Wildman–Crippen MR) is 62.5 cm³/mol. The van der Waals surface area contributed by atoms with Crippen LogP contribution in [0, 0.1) is 6.92 Å². The third kappa shape index (κ3) is 2.66. The van der Waals surface area contributed by atoms with Crippen LogP contribution in [0.5, 0.6) is 0 Å². The molecule has 0 aliphatic carbocycles. The summed E-state index contributed by atoms with van der Waals surface area (Å²) >= 11 is 1.49. The minimum Gasteiger partial charge on any atom is -0.357 e. The van der Waals surface area contributed by atoms with Gasteiger partial charge in [-0.2, -0.15) is 0 Å². The minimum atomic E-state index is 0.622. The number of hydrogen-bond acceptors (Lipinski definition) is 6. The fourth-order valence-electron chi connectivity index (χ4n) is 1.15. The van der Waals surface area contributed by atoms with Crippen molar-refractivity contribution < 1.29 is 0 Å². The van der Waals surface area contributed by atoms with Crippen LogP contribution in [0.4, 0.5) is 5.95 Å². The normalized spacial score (nSPS) is 10.1. The van der Waals surface area contributed by atoms with Crippen molar-refractivity contribution in [3.8, 4) is 0 Å². The zero-order valence-electron chi connectivity index (χ0n) is 9.01. The molecule has 0 unspecified atom stereocenters. The Labute approximate surface area is 97.8 Å². The quantitative estimate of drug-likeness (QED) is 0.815. The lowest BCUT2D eigenvalue weighted by Gasteiger charge is -2.04. The third-order valence-corrected chi connectivity index (χ3v) is 2.69. The second kappa shape index (κ2) is 4.89. The molecule has 2 heterocycles. The van der Waals surface area contributed by atoms with E-state index >= 15 is 0 Å². The molecule has 6 heteroatoms. The molecule has 2 aromatic heterocycles. The fourth-order valence-corrected chi connectivity index (χ4v) is 1.95. The third-order valence-electron chi connectivity index (χ3n) is 1.82. The van der Waals surface area contributed by atoms with E-state index < -0.39 is 0 Å². The Bertz CT molecular complexity index is 474. The van der Waals surface area contributed by atoms with E-state index in [0.717, 1.165) is 15.7 Å². The van der Waals surface area contributed by atoms with Crippen molar-refractivity contribution in [2.24, 2.45) is 0 Å². The Kier molecular flexibility index (Phi) is 3.31. The SMILES string of the molecule is CNc1nc(C)cc(Sc2ccncn2)n1. The molecule has 1 N–H and O–H groups in total. The molecule has 0 amide bonds. The lowest BCUT2D eigenvalue weighted by molar-refractivity contribution is 0.995.